The number of benzene rings is 2. The van der Waals surface area contributed by atoms with E-state index in [9.17, 15) is 5.11 Å². The van der Waals surface area contributed by atoms with Crippen LogP contribution in [-0.2, 0) is 6.42 Å². The smallest absolute Gasteiger partial charge is 0.0841 e. The number of halogens is 2. The Morgan fingerprint density at radius 2 is 1.47 bits per heavy atom. The van der Waals surface area contributed by atoms with Crippen LogP contribution in [0.15, 0.2) is 57.5 Å². The predicted molar refractivity (Wildman–Crippen MR) is 76.9 cm³/mol. The third-order valence-corrected chi connectivity index (χ3v) is 4.13. The molecule has 0 heterocycles. The van der Waals surface area contributed by atoms with Crippen LogP contribution in [0.5, 0.6) is 0 Å². The van der Waals surface area contributed by atoms with Gasteiger partial charge in [-0.15, -0.1) is 0 Å². The Balaban J connectivity index is 2.20. The summed E-state index contributed by atoms with van der Waals surface area (Å²) in [4.78, 5) is 0. The minimum Gasteiger partial charge on any atom is -0.388 e. The molecule has 1 nitrogen and oxygen atoms in total. The molecule has 1 atom stereocenters. The molecule has 0 bridgehead atoms. The van der Waals surface area contributed by atoms with Gasteiger partial charge in [0, 0.05) is 15.4 Å². The van der Waals surface area contributed by atoms with Gasteiger partial charge in [0.05, 0.1) is 6.10 Å². The van der Waals surface area contributed by atoms with Gasteiger partial charge in [-0.1, -0.05) is 68.3 Å². The molecule has 2 aromatic rings. The molecule has 0 aliphatic heterocycles. The van der Waals surface area contributed by atoms with Crippen molar-refractivity contribution in [2.45, 2.75) is 12.5 Å². The zero-order valence-corrected chi connectivity index (χ0v) is 12.3. The van der Waals surface area contributed by atoms with Gasteiger partial charge >= 0.3 is 0 Å². The maximum absolute atomic E-state index is 10.2. The predicted octanol–water partition coefficient (Wildman–Crippen LogP) is 4.49. The van der Waals surface area contributed by atoms with Crippen molar-refractivity contribution in [1.82, 2.24) is 0 Å². The molecule has 3 heteroatoms. The minimum absolute atomic E-state index is 0.496. The summed E-state index contributed by atoms with van der Waals surface area (Å²) in [5, 5.41) is 10.2. The average molecular weight is 356 g/mol. The summed E-state index contributed by atoms with van der Waals surface area (Å²) in [5.74, 6) is 0. The van der Waals surface area contributed by atoms with E-state index in [0.29, 0.717) is 6.42 Å². The van der Waals surface area contributed by atoms with Crippen LogP contribution in [0.25, 0.3) is 0 Å². The van der Waals surface area contributed by atoms with Gasteiger partial charge in [0.2, 0.25) is 0 Å². The van der Waals surface area contributed by atoms with E-state index >= 15 is 0 Å². The molecule has 1 unspecified atom stereocenters. The first-order valence-corrected chi connectivity index (χ1v) is 6.93. The van der Waals surface area contributed by atoms with Crippen molar-refractivity contribution in [3.05, 3.63) is 68.6 Å². The molecule has 0 saturated heterocycles. The lowest BCUT2D eigenvalue weighted by atomic mass is 10.0. The third kappa shape index (κ3) is 3.18. The Morgan fingerprint density at radius 3 is 2.12 bits per heavy atom. The molecule has 0 spiro atoms. The molecule has 17 heavy (non-hydrogen) atoms. The Kier molecular flexibility index (Phi) is 4.37. The minimum atomic E-state index is -0.496. The van der Waals surface area contributed by atoms with E-state index < -0.39 is 6.10 Å². The zero-order valence-electron chi connectivity index (χ0n) is 9.11. The first-order chi connectivity index (χ1) is 8.18. The quantitative estimate of drug-likeness (QED) is 0.860. The summed E-state index contributed by atoms with van der Waals surface area (Å²) >= 11 is 6.95. The van der Waals surface area contributed by atoms with E-state index in [2.05, 4.69) is 31.9 Å². The topological polar surface area (TPSA) is 20.2 Å². The maximum Gasteiger partial charge on any atom is 0.0841 e. The molecule has 0 fully saturated rings. The van der Waals surface area contributed by atoms with Crippen LogP contribution in [0, 0.1) is 0 Å². The van der Waals surface area contributed by atoms with Gasteiger partial charge in [-0.3, -0.25) is 0 Å². The number of aliphatic hydroxyl groups is 1. The van der Waals surface area contributed by atoms with Crippen LogP contribution in [-0.4, -0.2) is 5.11 Å². The molecule has 0 amide bonds. The van der Waals surface area contributed by atoms with Crippen molar-refractivity contribution < 1.29 is 5.11 Å². The second-order valence-electron chi connectivity index (χ2n) is 3.83. The summed E-state index contributed by atoms with van der Waals surface area (Å²) in [6, 6.07) is 15.7. The van der Waals surface area contributed by atoms with Gasteiger partial charge in [-0.25, -0.2) is 0 Å². The van der Waals surface area contributed by atoms with E-state index in [-0.39, 0.29) is 0 Å². The van der Waals surface area contributed by atoms with E-state index in [1.807, 2.05) is 48.5 Å². The standard InChI is InChI=1S/C14H12Br2O/c15-12-7-3-1-5-10(12)9-14(17)11-6-2-4-8-13(11)16/h1-8,14,17H,9H2. The SMILES string of the molecule is OC(Cc1ccccc1Br)c1ccccc1Br. The van der Waals surface area contributed by atoms with Gasteiger partial charge in [0.1, 0.15) is 0 Å². The molecule has 2 rings (SSSR count). The molecule has 88 valence electrons. The second-order valence-corrected chi connectivity index (χ2v) is 5.54. The fourth-order valence-electron chi connectivity index (χ4n) is 1.73. The summed E-state index contributed by atoms with van der Waals surface area (Å²) in [6.07, 6.45) is 0.105. The molecular weight excluding hydrogens is 344 g/mol. The van der Waals surface area contributed by atoms with E-state index in [0.717, 1.165) is 20.1 Å². The van der Waals surface area contributed by atoms with Crippen molar-refractivity contribution in [3.63, 3.8) is 0 Å². The highest BCUT2D eigenvalue weighted by molar-refractivity contribution is 9.10. The van der Waals surface area contributed by atoms with Gasteiger partial charge in [-0.05, 0) is 23.3 Å². The number of rotatable bonds is 3. The molecule has 0 aromatic heterocycles. The van der Waals surface area contributed by atoms with Crippen molar-refractivity contribution in [2.24, 2.45) is 0 Å². The first kappa shape index (κ1) is 12.8. The molecule has 0 aliphatic carbocycles. The summed E-state index contributed by atoms with van der Waals surface area (Å²) < 4.78 is 1.98. The molecule has 0 radical (unpaired) electrons. The Labute approximate surface area is 118 Å². The van der Waals surface area contributed by atoms with Crippen molar-refractivity contribution in [2.75, 3.05) is 0 Å². The highest BCUT2D eigenvalue weighted by Gasteiger charge is 2.12. The van der Waals surface area contributed by atoms with Crippen LogP contribution in [0.3, 0.4) is 0 Å². The highest BCUT2D eigenvalue weighted by Crippen LogP contribution is 2.28. The second kappa shape index (κ2) is 5.80. The maximum atomic E-state index is 10.2. The van der Waals surface area contributed by atoms with Gasteiger partial charge < -0.3 is 5.11 Å². The lowest BCUT2D eigenvalue weighted by Gasteiger charge is -2.13. The molecule has 0 aliphatic rings. The molecular formula is C14H12Br2O. The third-order valence-electron chi connectivity index (χ3n) is 2.64. The van der Waals surface area contributed by atoms with Crippen LogP contribution >= 0.6 is 31.9 Å². The average Bonchev–Trinajstić information content (AvgIpc) is 2.32. The summed E-state index contributed by atoms with van der Waals surface area (Å²) in [6.45, 7) is 0. The fraction of sp³-hybridized carbons (Fsp3) is 0.143. The monoisotopic (exact) mass is 354 g/mol. The lowest BCUT2D eigenvalue weighted by molar-refractivity contribution is 0.177. The fourth-order valence-corrected chi connectivity index (χ4v) is 2.72. The molecule has 2 aromatic carbocycles. The molecule has 1 N–H and O–H groups in total. The largest absolute Gasteiger partial charge is 0.388 e. The van der Waals surface area contributed by atoms with E-state index in [4.69, 9.17) is 0 Å². The zero-order chi connectivity index (χ0) is 12.3. The Bertz CT molecular complexity index is 511. The normalized spacial score (nSPS) is 12.4. The number of aliphatic hydroxyl groups excluding tert-OH is 1. The first-order valence-electron chi connectivity index (χ1n) is 5.34. The van der Waals surface area contributed by atoms with Gasteiger partial charge in [0.15, 0.2) is 0 Å². The van der Waals surface area contributed by atoms with Gasteiger partial charge in [0.25, 0.3) is 0 Å². The summed E-state index contributed by atoms with van der Waals surface area (Å²) in [5.41, 5.74) is 2.03. The van der Waals surface area contributed by atoms with Crippen LogP contribution in [0.4, 0.5) is 0 Å². The number of hydrogen-bond acceptors (Lipinski definition) is 1. The van der Waals surface area contributed by atoms with Crippen LogP contribution in [0.1, 0.15) is 17.2 Å². The Morgan fingerprint density at radius 1 is 0.882 bits per heavy atom. The van der Waals surface area contributed by atoms with Crippen LogP contribution in [0.2, 0.25) is 0 Å². The number of hydrogen-bond donors (Lipinski definition) is 1. The van der Waals surface area contributed by atoms with E-state index in [1.165, 1.54) is 0 Å². The lowest BCUT2D eigenvalue weighted by Crippen LogP contribution is -2.03. The van der Waals surface area contributed by atoms with Gasteiger partial charge in [-0.2, -0.15) is 0 Å². The van der Waals surface area contributed by atoms with Crippen LogP contribution < -0.4 is 0 Å². The molecule has 0 saturated carbocycles. The highest BCUT2D eigenvalue weighted by atomic mass is 79.9. The van der Waals surface area contributed by atoms with Crippen molar-refractivity contribution >= 4 is 31.9 Å². The van der Waals surface area contributed by atoms with Crippen molar-refractivity contribution in [3.8, 4) is 0 Å². The summed E-state index contributed by atoms with van der Waals surface area (Å²) in [7, 11) is 0. The Hall–Kier alpha value is -0.640. The van der Waals surface area contributed by atoms with Crippen molar-refractivity contribution in [1.29, 1.82) is 0 Å². The van der Waals surface area contributed by atoms with E-state index in [1.54, 1.807) is 0 Å².